The van der Waals surface area contributed by atoms with Crippen LogP contribution >= 0.6 is 0 Å². The predicted molar refractivity (Wildman–Crippen MR) is 87.7 cm³/mol. The fourth-order valence-corrected chi connectivity index (χ4v) is 3.29. The average Bonchev–Trinajstić information content (AvgIpc) is 3.21. The average molecular weight is 324 g/mol. The molecule has 2 aromatic heterocycles. The van der Waals surface area contributed by atoms with Gasteiger partial charge in [0, 0.05) is 18.9 Å². The summed E-state index contributed by atoms with van der Waals surface area (Å²) in [5.41, 5.74) is 2.29. The lowest BCUT2D eigenvalue weighted by Crippen LogP contribution is -2.32. The van der Waals surface area contributed by atoms with Gasteiger partial charge < -0.3 is 9.88 Å². The first kappa shape index (κ1) is 14.8. The zero-order valence-electron chi connectivity index (χ0n) is 13.1. The van der Waals surface area contributed by atoms with E-state index in [0.717, 1.165) is 36.3 Å². The number of imidazole rings is 1. The third kappa shape index (κ3) is 2.75. The van der Waals surface area contributed by atoms with Crippen LogP contribution in [0.3, 0.4) is 0 Å². The number of amides is 1. The molecule has 24 heavy (non-hydrogen) atoms. The highest BCUT2D eigenvalue weighted by Gasteiger charge is 2.32. The van der Waals surface area contributed by atoms with Crippen molar-refractivity contribution in [1.82, 2.24) is 19.9 Å². The quantitative estimate of drug-likeness (QED) is 0.805. The van der Waals surface area contributed by atoms with Crippen molar-refractivity contribution in [2.24, 2.45) is 0 Å². The molecule has 0 bridgehead atoms. The van der Waals surface area contributed by atoms with Crippen molar-refractivity contribution in [3.63, 3.8) is 0 Å². The second kappa shape index (κ2) is 6.03. The minimum atomic E-state index is -0.298. The first-order valence-electron chi connectivity index (χ1n) is 8.04. The molecule has 5 nitrogen and oxygen atoms in total. The number of likely N-dealkylation sites (tertiary alicyclic amines) is 1. The Morgan fingerprint density at radius 1 is 1.38 bits per heavy atom. The molecule has 1 saturated heterocycles. The van der Waals surface area contributed by atoms with E-state index in [1.54, 1.807) is 18.5 Å². The van der Waals surface area contributed by atoms with Crippen LogP contribution in [0, 0.1) is 5.82 Å². The van der Waals surface area contributed by atoms with Crippen molar-refractivity contribution in [3.8, 4) is 0 Å². The van der Waals surface area contributed by atoms with Crippen LogP contribution in [0.5, 0.6) is 0 Å². The largest absolute Gasteiger partial charge is 0.340 e. The molecular weight excluding hydrogens is 307 g/mol. The number of hydrogen-bond acceptors (Lipinski definition) is 3. The zero-order chi connectivity index (χ0) is 16.5. The van der Waals surface area contributed by atoms with Crippen LogP contribution in [0.1, 0.15) is 30.3 Å². The predicted octanol–water partition coefficient (Wildman–Crippen LogP) is 3.00. The molecule has 0 radical (unpaired) electrons. The van der Waals surface area contributed by atoms with Gasteiger partial charge in [0.05, 0.1) is 23.5 Å². The molecule has 1 unspecified atom stereocenters. The van der Waals surface area contributed by atoms with Crippen LogP contribution in [0.2, 0.25) is 0 Å². The highest BCUT2D eigenvalue weighted by molar-refractivity contribution is 5.80. The number of benzene rings is 1. The second-order valence-electron chi connectivity index (χ2n) is 6.07. The Hall–Kier alpha value is -2.76. The van der Waals surface area contributed by atoms with E-state index in [1.807, 2.05) is 17.0 Å². The summed E-state index contributed by atoms with van der Waals surface area (Å²) < 4.78 is 13.4. The van der Waals surface area contributed by atoms with Crippen LogP contribution in [-0.2, 0) is 11.2 Å². The lowest BCUT2D eigenvalue weighted by molar-refractivity contribution is -0.131. The van der Waals surface area contributed by atoms with Gasteiger partial charge in [0.25, 0.3) is 0 Å². The maximum Gasteiger partial charge on any atom is 0.227 e. The number of aromatic nitrogens is 3. The number of rotatable bonds is 3. The lowest BCUT2D eigenvalue weighted by Gasteiger charge is -2.23. The molecule has 122 valence electrons. The second-order valence-corrected chi connectivity index (χ2v) is 6.07. The van der Waals surface area contributed by atoms with E-state index >= 15 is 0 Å². The van der Waals surface area contributed by atoms with Gasteiger partial charge in [-0.2, -0.15) is 0 Å². The zero-order valence-corrected chi connectivity index (χ0v) is 13.1. The molecule has 1 atom stereocenters. The summed E-state index contributed by atoms with van der Waals surface area (Å²) in [6, 6.07) is 8.14. The van der Waals surface area contributed by atoms with Crippen LogP contribution in [-0.4, -0.2) is 32.3 Å². The molecule has 1 fully saturated rings. The standard InChI is InChI=1S/C18H17FN4O/c19-13-5-6-14-15(10-13)22-18(21-14)16-4-2-8-23(16)17(24)9-12-3-1-7-20-11-12/h1,3,5-7,10-11,16H,2,4,8-9H2,(H,21,22). The molecule has 0 spiro atoms. The van der Waals surface area contributed by atoms with Crippen molar-refractivity contribution >= 4 is 16.9 Å². The van der Waals surface area contributed by atoms with Crippen molar-refractivity contribution in [3.05, 3.63) is 59.9 Å². The van der Waals surface area contributed by atoms with Gasteiger partial charge in [-0.05, 0) is 42.7 Å². The topological polar surface area (TPSA) is 61.9 Å². The summed E-state index contributed by atoms with van der Waals surface area (Å²) >= 11 is 0. The summed E-state index contributed by atoms with van der Waals surface area (Å²) in [7, 11) is 0. The van der Waals surface area contributed by atoms with Crippen LogP contribution < -0.4 is 0 Å². The van der Waals surface area contributed by atoms with Gasteiger partial charge in [0.2, 0.25) is 5.91 Å². The lowest BCUT2D eigenvalue weighted by atomic mass is 10.1. The Labute approximate surface area is 138 Å². The number of nitrogens with zero attached hydrogens (tertiary/aromatic N) is 3. The number of halogens is 1. The smallest absolute Gasteiger partial charge is 0.227 e. The number of aromatic amines is 1. The van der Waals surface area contributed by atoms with Gasteiger partial charge in [0.1, 0.15) is 11.6 Å². The normalized spacial score (nSPS) is 17.5. The van der Waals surface area contributed by atoms with E-state index in [0.29, 0.717) is 11.9 Å². The molecule has 1 aliphatic rings. The molecule has 6 heteroatoms. The molecule has 1 aliphatic heterocycles. The third-order valence-electron chi connectivity index (χ3n) is 4.43. The van der Waals surface area contributed by atoms with Crippen molar-refractivity contribution in [2.45, 2.75) is 25.3 Å². The summed E-state index contributed by atoms with van der Waals surface area (Å²) in [5, 5.41) is 0. The summed E-state index contributed by atoms with van der Waals surface area (Å²) in [6.45, 7) is 0.717. The van der Waals surface area contributed by atoms with Gasteiger partial charge in [-0.15, -0.1) is 0 Å². The molecule has 1 N–H and O–H groups in total. The van der Waals surface area contributed by atoms with Gasteiger partial charge in [-0.3, -0.25) is 9.78 Å². The molecular formula is C18H17FN4O. The fraction of sp³-hybridized carbons (Fsp3) is 0.278. The molecule has 0 aliphatic carbocycles. The Kier molecular flexibility index (Phi) is 3.72. The van der Waals surface area contributed by atoms with Crippen LogP contribution in [0.15, 0.2) is 42.7 Å². The first-order valence-corrected chi connectivity index (χ1v) is 8.04. The Morgan fingerprint density at radius 2 is 2.29 bits per heavy atom. The maximum absolute atomic E-state index is 13.4. The minimum Gasteiger partial charge on any atom is -0.340 e. The third-order valence-corrected chi connectivity index (χ3v) is 4.43. The molecule has 1 amide bonds. The molecule has 4 rings (SSSR count). The van der Waals surface area contributed by atoms with Gasteiger partial charge in [0.15, 0.2) is 0 Å². The summed E-state index contributed by atoms with van der Waals surface area (Å²) in [5.74, 6) is 0.499. The van der Waals surface area contributed by atoms with Crippen LogP contribution in [0.25, 0.3) is 11.0 Å². The van der Waals surface area contributed by atoms with E-state index in [9.17, 15) is 9.18 Å². The van der Waals surface area contributed by atoms with Gasteiger partial charge in [-0.25, -0.2) is 9.37 Å². The van der Waals surface area contributed by atoms with Crippen LogP contribution in [0.4, 0.5) is 4.39 Å². The minimum absolute atomic E-state index is 0.0668. The number of carbonyl (C=O) groups excluding carboxylic acids is 1. The van der Waals surface area contributed by atoms with Crippen molar-refractivity contribution in [2.75, 3.05) is 6.54 Å². The summed E-state index contributed by atoms with van der Waals surface area (Å²) in [4.78, 5) is 26.3. The van der Waals surface area contributed by atoms with E-state index in [-0.39, 0.29) is 17.8 Å². The SMILES string of the molecule is O=C(Cc1cccnc1)N1CCCC1c1nc2ccc(F)cc2[nH]1. The van der Waals surface area contributed by atoms with Crippen molar-refractivity contribution < 1.29 is 9.18 Å². The molecule has 3 aromatic rings. The van der Waals surface area contributed by atoms with Crippen molar-refractivity contribution in [1.29, 1.82) is 0 Å². The fourth-order valence-electron chi connectivity index (χ4n) is 3.29. The molecule has 1 aromatic carbocycles. The first-order chi connectivity index (χ1) is 11.7. The van der Waals surface area contributed by atoms with E-state index in [1.165, 1.54) is 12.1 Å². The van der Waals surface area contributed by atoms with Gasteiger partial charge >= 0.3 is 0 Å². The number of H-pyrrole nitrogens is 1. The number of carbonyl (C=O) groups is 1. The molecule has 0 saturated carbocycles. The highest BCUT2D eigenvalue weighted by Crippen LogP contribution is 2.32. The maximum atomic E-state index is 13.4. The number of nitrogens with one attached hydrogen (secondary N) is 1. The summed E-state index contributed by atoms with van der Waals surface area (Å²) in [6.07, 6.45) is 5.54. The Balaban J connectivity index is 1.58. The van der Waals surface area contributed by atoms with E-state index < -0.39 is 0 Å². The number of fused-ring (bicyclic) bond motifs is 1. The Morgan fingerprint density at radius 3 is 3.12 bits per heavy atom. The van der Waals surface area contributed by atoms with E-state index in [4.69, 9.17) is 0 Å². The number of pyridine rings is 1. The van der Waals surface area contributed by atoms with Gasteiger partial charge in [-0.1, -0.05) is 6.07 Å². The molecule has 3 heterocycles. The monoisotopic (exact) mass is 324 g/mol. The highest BCUT2D eigenvalue weighted by atomic mass is 19.1. The number of hydrogen-bond donors (Lipinski definition) is 1. The Bertz CT molecular complexity index is 877. The van der Waals surface area contributed by atoms with E-state index in [2.05, 4.69) is 15.0 Å².